The highest BCUT2D eigenvalue weighted by atomic mass is 35.5. The second-order valence-corrected chi connectivity index (χ2v) is 39.2. The molecule has 0 bridgehead atoms. The van der Waals surface area contributed by atoms with E-state index in [0.29, 0.717) is 126 Å². The lowest BCUT2D eigenvalue weighted by Crippen LogP contribution is -2.54. The van der Waals surface area contributed by atoms with Crippen LogP contribution in [0.25, 0.3) is 83.9 Å². The van der Waals surface area contributed by atoms with Crippen LogP contribution < -0.4 is 48.6 Å². The first-order valence-corrected chi connectivity index (χ1v) is 47.9. The summed E-state index contributed by atoms with van der Waals surface area (Å²) in [7, 11) is 0. The number of nitrogen functional groups attached to an aromatic ring is 3. The number of aromatic nitrogens is 9. The fourth-order valence-corrected chi connectivity index (χ4v) is 20.8. The van der Waals surface area contributed by atoms with Gasteiger partial charge in [0.25, 0.3) is 16.7 Å². The number of hydrogen-bond donors (Lipinski definition) is 3. The summed E-state index contributed by atoms with van der Waals surface area (Å²) >= 11 is 90.8. The van der Waals surface area contributed by atoms with Crippen LogP contribution in [0, 0.1) is 60.6 Å². The molecule has 0 aliphatic carbocycles. The van der Waals surface area contributed by atoms with Crippen molar-refractivity contribution >= 4 is 247 Å². The Bertz CT molecular complexity index is 6780. The summed E-state index contributed by atoms with van der Waals surface area (Å²) in [4.78, 5) is 120. The molecule has 9 aromatic heterocycles. The molecule has 3 saturated heterocycles. The normalized spacial score (nSPS) is 15.0. The largest absolute Gasteiger partial charge is 0.397 e. The molecule has 3 atom stereocenters. The Labute approximate surface area is 862 Å². The molecule has 0 saturated carbocycles. The van der Waals surface area contributed by atoms with Gasteiger partial charge in [0.15, 0.2) is 5.82 Å². The topological polar surface area (TPSA) is 363 Å². The van der Waals surface area contributed by atoms with Gasteiger partial charge in [-0.25, -0.2) is 19.3 Å². The molecule has 0 radical (unpaired) electrons. The van der Waals surface area contributed by atoms with E-state index in [-0.39, 0.29) is 209 Å². The zero-order chi connectivity index (χ0) is 101. The van der Waals surface area contributed by atoms with E-state index in [1.807, 2.05) is 97.8 Å². The van der Waals surface area contributed by atoms with Crippen LogP contribution >= 0.6 is 162 Å². The molecular weight excluding hydrogens is 2060 g/mol. The number of hydrogen-bond acceptors (Lipinski definition) is 21. The van der Waals surface area contributed by atoms with Crippen molar-refractivity contribution in [1.82, 2.24) is 58.3 Å². The molecule has 0 spiro atoms. The number of nitrogens with zero attached hydrogens (tertiary/aromatic N) is 18. The van der Waals surface area contributed by atoms with Gasteiger partial charge >= 0.3 is 0 Å². The van der Waals surface area contributed by atoms with Gasteiger partial charge in [0.1, 0.15) is 51.8 Å². The van der Waals surface area contributed by atoms with Gasteiger partial charge < -0.3 is 46.6 Å². The van der Waals surface area contributed by atoms with Crippen molar-refractivity contribution in [2.45, 2.75) is 119 Å². The Hall–Kier alpha value is -10.9. The number of anilines is 6. The van der Waals surface area contributed by atoms with Gasteiger partial charge in [-0.05, 0) is 131 Å². The van der Waals surface area contributed by atoms with Gasteiger partial charge in [-0.15, -0.1) is 0 Å². The Balaban J connectivity index is 0.000000175. The van der Waals surface area contributed by atoms with Crippen molar-refractivity contribution < 1.29 is 18.8 Å². The number of benzene rings is 3. The number of carbonyl (C=O) groups is 3. The lowest BCUT2D eigenvalue weighted by atomic mass is 10.0. The van der Waals surface area contributed by atoms with Crippen molar-refractivity contribution in [2.24, 2.45) is 0 Å². The molecule has 3 aliphatic rings. The van der Waals surface area contributed by atoms with E-state index in [9.17, 15) is 44.6 Å². The first-order valence-electron chi connectivity index (χ1n) is 42.6. The standard InChI is InChI=1S/2C32H28Cl5N7O2.C32H28Cl4FN7O2/c2*1-6-20(45)43-10-9-42(13-16(43)5)30-17-11-19(33)28(21-22(34)23(35)24(36)25(37)26(21)39)41-31(17)44(32(46)18(30)12-38)29-15(4)7-8-40-27(29)14(2)3;1-6-20(45)43-10-9-42(13-16(43)5)30-17-11-19(33)28(21-25(37)23(35)22(34)24(36)26(21)39)41-31(17)44(32(46)18(30)12-38)29-15(4)7-8-40-27(29)14(2)3/h3*6-8,11,14,16H,1,9-10,13,39H2,2-5H3/t3*16-/m111/s1. The molecular formula is C96H84Cl14FN21O6. The van der Waals surface area contributed by atoms with Crippen molar-refractivity contribution in [3.8, 4) is 69.0 Å². The van der Waals surface area contributed by atoms with E-state index < -0.39 is 27.5 Å². The number of nitrogens with two attached hydrogens (primary N) is 3. The SMILES string of the molecule is C=CC(=O)N1CCN(c2c(C#N)c(=O)n(-c3c(C)ccnc3C(C)C)c3nc(-c4c(N)c(Cl)c(Cl)c(Cl)c4Cl)c(Cl)cc23)C[C@H]1C.C=CC(=O)N1CCN(c2c(C#N)c(=O)n(-c3c(C)ccnc3C(C)C)c3nc(-c4c(N)c(Cl)c(Cl)c(Cl)c4Cl)c(Cl)cc23)C[C@H]1C.C=CC(=O)N1CCN(c2c(C#N)c(=O)n(-c3c(C)ccnc3C(C)C)c3nc(-c4c(N)c(Cl)c(Cl)c(Cl)c4F)c(Cl)cc23)C[C@H]1C. The van der Waals surface area contributed by atoms with E-state index in [2.05, 4.69) is 52.9 Å². The van der Waals surface area contributed by atoms with Crippen LogP contribution in [0.5, 0.6) is 0 Å². The maximum Gasteiger partial charge on any atom is 0.276 e. The van der Waals surface area contributed by atoms with E-state index in [1.165, 1.54) is 38.0 Å². The number of rotatable bonds is 15. The monoisotopic (exact) mass is 2140 g/mol. The molecule has 138 heavy (non-hydrogen) atoms. The van der Waals surface area contributed by atoms with Crippen molar-refractivity contribution in [2.75, 3.05) is 90.8 Å². The van der Waals surface area contributed by atoms with Crippen LogP contribution in [0.1, 0.15) is 131 Å². The average molecular weight is 2140 g/mol. The Kier molecular flexibility index (Phi) is 31.7. The minimum atomic E-state index is -0.998. The summed E-state index contributed by atoms with van der Waals surface area (Å²) in [6.07, 6.45) is 8.75. The number of halogens is 15. The summed E-state index contributed by atoms with van der Waals surface area (Å²) in [5.41, 5.74) is 23.3. The third kappa shape index (κ3) is 18.6. The molecule has 6 N–H and O–H groups in total. The second-order valence-electron chi connectivity index (χ2n) is 33.8. The molecule has 27 nitrogen and oxygen atoms in total. The molecule has 0 unspecified atom stereocenters. The minimum Gasteiger partial charge on any atom is -0.397 e. The van der Waals surface area contributed by atoms with Crippen LogP contribution in [-0.4, -0.2) is 153 Å². The van der Waals surface area contributed by atoms with E-state index in [4.69, 9.17) is 195 Å². The zero-order valence-corrected chi connectivity index (χ0v) is 86.4. The van der Waals surface area contributed by atoms with Gasteiger partial charge in [-0.2, -0.15) is 15.8 Å². The van der Waals surface area contributed by atoms with Crippen LogP contribution in [-0.2, 0) is 14.4 Å². The second kappa shape index (κ2) is 41.9. The van der Waals surface area contributed by atoms with E-state index >= 15 is 4.39 Å². The average Bonchev–Trinajstić information content (AvgIpc) is 0.726. The van der Waals surface area contributed by atoms with Crippen molar-refractivity contribution in [1.29, 1.82) is 15.8 Å². The van der Waals surface area contributed by atoms with Gasteiger partial charge in [0.2, 0.25) is 17.7 Å². The molecule has 42 heteroatoms. The van der Waals surface area contributed by atoms with E-state index in [0.717, 1.165) is 11.1 Å². The molecule has 15 rings (SSSR count). The van der Waals surface area contributed by atoms with Gasteiger partial charge in [0, 0.05) is 123 Å². The summed E-state index contributed by atoms with van der Waals surface area (Å²) in [6.45, 7) is 36.5. The molecule has 3 aromatic carbocycles. The maximum atomic E-state index is 15.7. The Morgan fingerprint density at radius 3 is 0.891 bits per heavy atom. The quantitative estimate of drug-likeness (QED) is 0.0371. The maximum absolute atomic E-state index is 15.7. The first kappa shape index (κ1) is 104. The molecule has 12 aromatic rings. The highest BCUT2D eigenvalue weighted by Crippen LogP contribution is 2.54. The third-order valence-corrected chi connectivity index (χ3v) is 30.0. The summed E-state index contributed by atoms with van der Waals surface area (Å²) < 4.78 is 19.8. The number of pyridine rings is 9. The Morgan fingerprint density at radius 2 is 0.645 bits per heavy atom. The number of carbonyl (C=O) groups excluding carboxylic acids is 3. The highest BCUT2D eigenvalue weighted by Gasteiger charge is 2.40. The first-order chi connectivity index (χ1) is 65.2. The summed E-state index contributed by atoms with van der Waals surface area (Å²) in [5.74, 6) is -1.95. The minimum absolute atomic E-state index is 0.00478. The van der Waals surface area contributed by atoms with Gasteiger partial charge in [0.05, 0.1) is 161 Å². The fourth-order valence-electron chi connectivity index (χ4n) is 17.6. The lowest BCUT2D eigenvalue weighted by molar-refractivity contribution is -0.129. The number of amides is 3. The molecule has 3 aliphatic heterocycles. The van der Waals surface area contributed by atoms with Crippen molar-refractivity contribution in [3.05, 3.63) is 251 Å². The predicted molar refractivity (Wildman–Crippen MR) is 556 cm³/mol. The molecule has 714 valence electrons. The van der Waals surface area contributed by atoms with Crippen molar-refractivity contribution in [3.63, 3.8) is 0 Å². The lowest BCUT2D eigenvalue weighted by Gasteiger charge is -2.41. The Morgan fingerprint density at radius 1 is 0.399 bits per heavy atom. The highest BCUT2D eigenvalue weighted by molar-refractivity contribution is 6.56. The van der Waals surface area contributed by atoms with Crippen LogP contribution in [0.15, 0.2) is 107 Å². The number of aryl methyl sites for hydroxylation is 3. The van der Waals surface area contributed by atoms with Crippen LogP contribution in [0.4, 0.5) is 38.5 Å². The smallest absolute Gasteiger partial charge is 0.276 e. The fraction of sp³-hybridized carbons (Fsp3) is 0.281. The summed E-state index contributed by atoms with van der Waals surface area (Å²) in [5, 5.41) is 31.6. The predicted octanol–water partition coefficient (Wildman–Crippen LogP) is 23.0. The zero-order valence-electron chi connectivity index (χ0n) is 75.8. The molecule has 12 heterocycles. The third-order valence-electron chi connectivity index (χ3n) is 24.2. The van der Waals surface area contributed by atoms with Crippen LogP contribution in [0.2, 0.25) is 70.3 Å². The molecule has 3 fully saturated rings. The van der Waals surface area contributed by atoms with Gasteiger partial charge in [-0.3, -0.25) is 57.4 Å². The van der Waals surface area contributed by atoms with E-state index in [1.54, 1.807) is 63.6 Å². The number of fused-ring (bicyclic) bond motifs is 3. The van der Waals surface area contributed by atoms with Crippen LogP contribution in [0.3, 0.4) is 0 Å². The molecule has 3 amide bonds. The summed E-state index contributed by atoms with van der Waals surface area (Å²) in [6, 6.07) is 15.6. The number of piperazine rings is 3. The van der Waals surface area contributed by atoms with Gasteiger partial charge in [-0.1, -0.05) is 224 Å². The number of nitriles is 3.